The van der Waals surface area contributed by atoms with Gasteiger partial charge in [0.1, 0.15) is 0 Å². The Kier molecular flexibility index (Phi) is 6.42. The van der Waals surface area contributed by atoms with Crippen LogP contribution < -0.4 is 0 Å². The molecule has 1 aliphatic rings. The van der Waals surface area contributed by atoms with Gasteiger partial charge in [-0.3, -0.25) is 14.5 Å². The van der Waals surface area contributed by atoms with Gasteiger partial charge in [-0.1, -0.05) is 37.3 Å². The first kappa shape index (κ1) is 17.8. The predicted molar refractivity (Wildman–Crippen MR) is 93.9 cm³/mol. The molecule has 1 aliphatic heterocycles. The maximum Gasteiger partial charge on any atom is 0.267 e. The predicted octanol–water partition coefficient (Wildman–Crippen LogP) is 3.33. The maximum absolute atomic E-state index is 12.7. The zero-order chi connectivity index (χ0) is 16.8. The number of hydrogen-bond donors (Lipinski definition) is 0. The van der Waals surface area contributed by atoms with E-state index in [-0.39, 0.29) is 17.9 Å². The summed E-state index contributed by atoms with van der Waals surface area (Å²) in [5.41, 5.74) is 1.34. The van der Waals surface area contributed by atoms with E-state index in [4.69, 9.17) is 4.74 Å². The molecule has 2 rings (SSSR count). The summed E-state index contributed by atoms with van der Waals surface area (Å²) in [4.78, 5) is 27.2. The second kappa shape index (κ2) is 8.31. The summed E-state index contributed by atoms with van der Waals surface area (Å²) in [6, 6.07) is 9.42. The van der Waals surface area contributed by atoms with Gasteiger partial charge in [0.2, 0.25) is 0 Å². The molecule has 1 aromatic rings. The van der Waals surface area contributed by atoms with Crippen molar-refractivity contribution in [2.45, 2.75) is 33.3 Å². The minimum Gasteiger partial charge on any atom is -0.379 e. The highest BCUT2D eigenvalue weighted by Gasteiger charge is 2.38. The van der Waals surface area contributed by atoms with Gasteiger partial charge in [-0.15, -0.1) is 11.8 Å². The topological polar surface area (TPSA) is 46.6 Å². The molecule has 0 bridgehead atoms. The summed E-state index contributed by atoms with van der Waals surface area (Å²) in [7, 11) is 0. The lowest BCUT2D eigenvalue weighted by Crippen LogP contribution is -2.33. The third-order valence-corrected chi connectivity index (χ3v) is 4.41. The SMILES string of the molecule is CCSC1=C(c2ccccc2)C(=O)N(CCCOC(C)C)C1=O. The van der Waals surface area contributed by atoms with Crippen molar-refractivity contribution in [3.8, 4) is 0 Å². The highest BCUT2D eigenvalue weighted by Crippen LogP contribution is 2.35. The minimum atomic E-state index is -0.193. The number of rotatable bonds is 8. The number of hydrogen-bond acceptors (Lipinski definition) is 4. The number of amides is 2. The summed E-state index contributed by atoms with van der Waals surface area (Å²) in [5, 5.41) is 0. The Morgan fingerprint density at radius 3 is 2.43 bits per heavy atom. The van der Waals surface area contributed by atoms with Crippen molar-refractivity contribution in [3.63, 3.8) is 0 Å². The summed E-state index contributed by atoms with van der Waals surface area (Å²) >= 11 is 1.44. The molecule has 1 aromatic carbocycles. The van der Waals surface area contributed by atoms with Crippen molar-refractivity contribution in [2.75, 3.05) is 18.9 Å². The van der Waals surface area contributed by atoms with Crippen LogP contribution in [0.3, 0.4) is 0 Å². The number of carbonyl (C=O) groups is 2. The van der Waals surface area contributed by atoms with Crippen LogP contribution in [0.1, 0.15) is 32.8 Å². The molecule has 0 spiro atoms. The fourth-order valence-electron chi connectivity index (χ4n) is 2.44. The van der Waals surface area contributed by atoms with Gasteiger partial charge in [0.05, 0.1) is 16.6 Å². The molecule has 23 heavy (non-hydrogen) atoms. The molecule has 0 atom stereocenters. The number of nitrogens with zero attached hydrogens (tertiary/aromatic N) is 1. The van der Waals surface area contributed by atoms with Crippen LogP contribution in [0.15, 0.2) is 35.2 Å². The Morgan fingerprint density at radius 1 is 1.13 bits per heavy atom. The molecule has 0 saturated heterocycles. The van der Waals surface area contributed by atoms with E-state index in [9.17, 15) is 9.59 Å². The third kappa shape index (κ3) is 4.24. The number of thioether (sulfide) groups is 1. The molecule has 0 radical (unpaired) electrons. The van der Waals surface area contributed by atoms with E-state index in [0.29, 0.717) is 30.1 Å². The summed E-state index contributed by atoms with van der Waals surface area (Å²) in [6.07, 6.45) is 0.811. The van der Waals surface area contributed by atoms with Gasteiger partial charge in [0.15, 0.2) is 0 Å². The van der Waals surface area contributed by atoms with Crippen LogP contribution in [0.4, 0.5) is 0 Å². The van der Waals surface area contributed by atoms with Crippen molar-refractivity contribution >= 4 is 29.1 Å². The second-order valence-electron chi connectivity index (χ2n) is 5.54. The highest BCUT2D eigenvalue weighted by molar-refractivity contribution is 8.04. The molecule has 2 amide bonds. The molecular weight excluding hydrogens is 310 g/mol. The highest BCUT2D eigenvalue weighted by atomic mass is 32.2. The van der Waals surface area contributed by atoms with Crippen molar-refractivity contribution in [1.82, 2.24) is 4.90 Å². The smallest absolute Gasteiger partial charge is 0.267 e. The Hall–Kier alpha value is -1.59. The van der Waals surface area contributed by atoms with Gasteiger partial charge in [-0.25, -0.2) is 0 Å². The van der Waals surface area contributed by atoms with Gasteiger partial charge >= 0.3 is 0 Å². The van der Waals surface area contributed by atoms with Gasteiger partial charge in [-0.05, 0) is 31.6 Å². The van der Waals surface area contributed by atoms with E-state index in [0.717, 1.165) is 11.3 Å². The van der Waals surface area contributed by atoms with Crippen LogP contribution in [-0.4, -0.2) is 41.7 Å². The zero-order valence-electron chi connectivity index (χ0n) is 13.9. The molecule has 1 heterocycles. The van der Waals surface area contributed by atoms with Crippen molar-refractivity contribution in [1.29, 1.82) is 0 Å². The quantitative estimate of drug-likeness (QED) is 0.541. The lowest BCUT2D eigenvalue weighted by Gasteiger charge is -2.15. The minimum absolute atomic E-state index is 0.157. The van der Waals surface area contributed by atoms with Crippen LogP contribution in [0.2, 0.25) is 0 Å². The molecule has 124 valence electrons. The van der Waals surface area contributed by atoms with Gasteiger partial charge < -0.3 is 4.74 Å². The molecule has 0 fully saturated rings. The number of ether oxygens (including phenoxy) is 1. The normalized spacial score (nSPS) is 15.2. The Labute approximate surface area is 141 Å². The van der Waals surface area contributed by atoms with Crippen molar-refractivity contribution in [3.05, 3.63) is 40.8 Å². The first-order valence-corrected chi connectivity index (χ1v) is 8.95. The number of benzene rings is 1. The summed E-state index contributed by atoms with van der Waals surface area (Å²) in [6.45, 7) is 6.87. The lowest BCUT2D eigenvalue weighted by molar-refractivity contribution is -0.136. The van der Waals surface area contributed by atoms with Gasteiger partial charge in [-0.2, -0.15) is 0 Å². The zero-order valence-corrected chi connectivity index (χ0v) is 14.7. The second-order valence-corrected chi connectivity index (χ2v) is 6.81. The standard InChI is InChI=1S/C18H23NO3S/c1-4-23-16-15(14-9-6-5-7-10-14)17(20)19(18(16)21)11-8-12-22-13(2)3/h5-7,9-10,13H,4,8,11-12H2,1-3H3. The number of carbonyl (C=O) groups excluding carboxylic acids is 2. The maximum atomic E-state index is 12.7. The summed E-state index contributed by atoms with van der Waals surface area (Å²) < 4.78 is 5.49. The molecule has 4 nitrogen and oxygen atoms in total. The van der Waals surface area contributed by atoms with E-state index < -0.39 is 0 Å². The van der Waals surface area contributed by atoms with Crippen LogP contribution >= 0.6 is 11.8 Å². The Balaban J connectivity index is 2.15. The van der Waals surface area contributed by atoms with Crippen molar-refractivity contribution < 1.29 is 14.3 Å². The molecule has 0 N–H and O–H groups in total. The molecule has 0 aliphatic carbocycles. The first-order chi connectivity index (χ1) is 11.1. The lowest BCUT2D eigenvalue weighted by atomic mass is 10.1. The van der Waals surface area contributed by atoms with Gasteiger partial charge in [0.25, 0.3) is 11.8 Å². The number of imide groups is 1. The summed E-state index contributed by atoms with van der Waals surface area (Å²) in [5.74, 6) is 0.390. The third-order valence-electron chi connectivity index (χ3n) is 3.45. The Morgan fingerprint density at radius 2 is 1.83 bits per heavy atom. The van der Waals surface area contributed by atoms with E-state index in [1.807, 2.05) is 51.1 Å². The average Bonchev–Trinajstić information content (AvgIpc) is 2.76. The molecule has 5 heteroatoms. The van der Waals surface area contributed by atoms with E-state index in [2.05, 4.69) is 0 Å². The van der Waals surface area contributed by atoms with Crippen LogP contribution in [-0.2, 0) is 14.3 Å². The molecule has 0 aromatic heterocycles. The Bertz CT molecular complexity index is 596. The molecule has 0 saturated carbocycles. The van der Waals surface area contributed by atoms with Crippen LogP contribution in [0.5, 0.6) is 0 Å². The van der Waals surface area contributed by atoms with E-state index >= 15 is 0 Å². The van der Waals surface area contributed by atoms with E-state index in [1.165, 1.54) is 16.7 Å². The van der Waals surface area contributed by atoms with Crippen LogP contribution in [0, 0.1) is 0 Å². The fraction of sp³-hybridized carbons (Fsp3) is 0.444. The van der Waals surface area contributed by atoms with Crippen molar-refractivity contribution in [2.24, 2.45) is 0 Å². The fourth-order valence-corrected chi connectivity index (χ4v) is 3.31. The molecule has 0 unspecified atom stereocenters. The van der Waals surface area contributed by atoms with Crippen LogP contribution in [0.25, 0.3) is 5.57 Å². The average molecular weight is 333 g/mol. The molecular formula is C18H23NO3S. The van der Waals surface area contributed by atoms with E-state index in [1.54, 1.807) is 0 Å². The monoisotopic (exact) mass is 333 g/mol. The van der Waals surface area contributed by atoms with Gasteiger partial charge in [0, 0.05) is 13.2 Å². The first-order valence-electron chi connectivity index (χ1n) is 7.96. The largest absolute Gasteiger partial charge is 0.379 e.